The second-order valence-corrected chi connectivity index (χ2v) is 6.89. The summed E-state index contributed by atoms with van der Waals surface area (Å²) in [7, 11) is 0. The first-order valence-electron chi connectivity index (χ1n) is 8.51. The highest BCUT2D eigenvalue weighted by atomic mass is 35.5. The predicted molar refractivity (Wildman–Crippen MR) is 99.7 cm³/mol. The van der Waals surface area contributed by atoms with Gasteiger partial charge in [0, 0.05) is 50.4 Å². The van der Waals surface area contributed by atoms with E-state index < -0.39 is 11.0 Å². The number of rotatable bonds is 6. The molecule has 1 aliphatic heterocycles. The van der Waals surface area contributed by atoms with Gasteiger partial charge in [0.1, 0.15) is 18.8 Å². The van der Waals surface area contributed by atoms with Gasteiger partial charge >= 0.3 is 5.82 Å². The van der Waals surface area contributed by atoms with Gasteiger partial charge in [-0.25, -0.2) is 9.55 Å². The van der Waals surface area contributed by atoms with Crippen LogP contribution in [-0.4, -0.2) is 63.3 Å². The second kappa shape index (κ2) is 8.03. The molecule has 26 heavy (non-hydrogen) atoms. The Morgan fingerprint density at radius 3 is 2.69 bits per heavy atom. The first-order valence-corrected chi connectivity index (χ1v) is 8.89. The van der Waals surface area contributed by atoms with Crippen LogP contribution in [0, 0.1) is 17.0 Å². The number of anilines is 1. The van der Waals surface area contributed by atoms with E-state index in [0.717, 1.165) is 36.9 Å². The summed E-state index contributed by atoms with van der Waals surface area (Å²) in [5.41, 5.74) is 1.10. The van der Waals surface area contributed by atoms with Crippen LogP contribution in [0.2, 0.25) is 5.02 Å². The average molecular weight is 380 g/mol. The van der Waals surface area contributed by atoms with Crippen LogP contribution in [0.5, 0.6) is 0 Å². The SMILES string of the molecule is Cc1ncc([N+](=O)[O-])n1CC(O)CN1CCN(c2cccc(Cl)c2)CC1. The van der Waals surface area contributed by atoms with Crippen LogP contribution < -0.4 is 4.90 Å². The lowest BCUT2D eigenvalue weighted by molar-refractivity contribution is -0.392. The molecule has 0 amide bonds. The number of hydrogen-bond acceptors (Lipinski definition) is 6. The van der Waals surface area contributed by atoms with E-state index in [4.69, 9.17) is 11.6 Å². The number of halogens is 1. The molecule has 0 radical (unpaired) electrons. The molecule has 0 saturated carbocycles. The molecule has 1 atom stereocenters. The predicted octanol–water partition coefficient (Wildman–Crippen LogP) is 1.94. The van der Waals surface area contributed by atoms with Gasteiger partial charge in [-0.1, -0.05) is 17.7 Å². The van der Waals surface area contributed by atoms with Crippen molar-refractivity contribution >= 4 is 23.1 Å². The van der Waals surface area contributed by atoms with Crippen LogP contribution in [0.4, 0.5) is 11.5 Å². The van der Waals surface area contributed by atoms with E-state index in [1.54, 1.807) is 6.92 Å². The molecule has 8 nitrogen and oxygen atoms in total. The molecule has 2 heterocycles. The summed E-state index contributed by atoms with van der Waals surface area (Å²) in [5, 5.41) is 22.1. The van der Waals surface area contributed by atoms with Gasteiger partial charge in [-0.2, -0.15) is 0 Å². The van der Waals surface area contributed by atoms with Gasteiger partial charge in [0.2, 0.25) is 0 Å². The molecule has 1 fully saturated rings. The lowest BCUT2D eigenvalue weighted by atomic mass is 10.2. The number of benzene rings is 1. The third kappa shape index (κ3) is 4.32. The number of piperazine rings is 1. The third-order valence-electron chi connectivity index (χ3n) is 4.63. The first kappa shape index (κ1) is 18.6. The monoisotopic (exact) mass is 379 g/mol. The molecule has 0 aliphatic carbocycles. The van der Waals surface area contributed by atoms with Crippen LogP contribution >= 0.6 is 11.6 Å². The molecular formula is C17H22ClN5O3. The zero-order valence-corrected chi connectivity index (χ0v) is 15.3. The van der Waals surface area contributed by atoms with E-state index in [-0.39, 0.29) is 12.4 Å². The van der Waals surface area contributed by atoms with Crippen molar-refractivity contribution in [1.29, 1.82) is 0 Å². The molecule has 1 saturated heterocycles. The topological polar surface area (TPSA) is 87.7 Å². The largest absolute Gasteiger partial charge is 0.388 e. The van der Waals surface area contributed by atoms with Gasteiger partial charge in [0.25, 0.3) is 0 Å². The fourth-order valence-corrected chi connectivity index (χ4v) is 3.44. The number of aliphatic hydroxyl groups is 1. The molecule has 0 spiro atoms. The van der Waals surface area contributed by atoms with Crippen molar-refractivity contribution in [2.75, 3.05) is 37.6 Å². The van der Waals surface area contributed by atoms with Gasteiger partial charge < -0.3 is 20.1 Å². The Labute approximate surface area is 156 Å². The Hall–Kier alpha value is -2.16. The minimum absolute atomic E-state index is 0.0904. The summed E-state index contributed by atoms with van der Waals surface area (Å²) in [6.07, 6.45) is 0.533. The molecule has 1 N–H and O–H groups in total. The zero-order valence-electron chi connectivity index (χ0n) is 14.6. The normalized spacial score (nSPS) is 16.7. The zero-order chi connectivity index (χ0) is 18.7. The Kier molecular flexibility index (Phi) is 5.75. The smallest absolute Gasteiger partial charge is 0.342 e. The number of β-amino-alcohol motifs (C(OH)–C–C–N with tert-alkyl or cyclic N) is 1. The number of aliphatic hydroxyl groups excluding tert-OH is 1. The number of nitrogens with zero attached hydrogens (tertiary/aromatic N) is 5. The minimum Gasteiger partial charge on any atom is -0.388 e. The molecule has 140 valence electrons. The second-order valence-electron chi connectivity index (χ2n) is 6.45. The molecule has 0 bridgehead atoms. The van der Waals surface area contributed by atoms with Gasteiger partial charge in [-0.15, -0.1) is 0 Å². The molecule has 3 rings (SSSR count). The van der Waals surface area contributed by atoms with E-state index >= 15 is 0 Å². The Balaban J connectivity index is 1.53. The maximum absolute atomic E-state index is 11.0. The summed E-state index contributed by atoms with van der Waals surface area (Å²) in [5.74, 6) is 0.439. The number of aromatic nitrogens is 2. The number of hydrogen-bond donors (Lipinski definition) is 1. The Morgan fingerprint density at radius 2 is 2.04 bits per heavy atom. The van der Waals surface area contributed by atoms with Crippen LogP contribution in [0.1, 0.15) is 5.82 Å². The molecule has 2 aromatic rings. The minimum atomic E-state index is -0.695. The summed E-state index contributed by atoms with van der Waals surface area (Å²) in [6.45, 7) is 5.65. The van der Waals surface area contributed by atoms with E-state index in [9.17, 15) is 15.2 Å². The van der Waals surface area contributed by atoms with Gasteiger partial charge in [0.15, 0.2) is 5.82 Å². The highest BCUT2D eigenvalue weighted by molar-refractivity contribution is 6.30. The molecule has 1 aliphatic rings. The first-order chi connectivity index (χ1) is 12.4. The fourth-order valence-electron chi connectivity index (χ4n) is 3.26. The molecular weight excluding hydrogens is 358 g/mol. The number of nitro groups is 1. The van der Waals surface area contributed by atoms with Crippen LogP contribution in [0.3, 0.4) is 0 Å². The van der Waals surface area contributed by atoms with Gasteiger partial charge in [0.05, 0.1) is 0 Å². The molecule has 1 unspecified atom stereocenters. The highest BCUT2D eigenvalue weighted by Crippen LogP contribution is 2.21. The molecule has 1 aromatic carbocycles. The maximum Gasteiger partial charge on any atom is 0.342 e. The van der Waals surface area contributed by atoms with Crippen LogP contribution in [0.25, 0.3) is 0 Å². The maximum atomic E-state index is 11.0. The lowest BCUT2D eigenvalue weighted by Gasteiger charge is -2.36. The Bertz CT molecular complexity index is 774. The highest BCUT2D eigenvalue weighted by Gasteiger charge is 2.24. The van der Waals surface area contributed by atoms with E-state index in [2.05, 4.69) is 14.8 Å². The van der Waals surface area contributed by atoms with Crippen molar-refractivity contribution < 1.29 is 10.0 Å². The lowest BCUT2D eigenvalue weighted by Crippen LogP contribution is -2.49. The average Bonchev–Trinajstić information content (AvgIpc) is 2.96. The summed E-state index contributed by atoms with van der Waals surface area (Å²) < 4.78 is 1.45. The van der Waals surface area contributed by atoms with Gasteiger partial charge in [-0.3, -0.25) is 4.90 Å². The van der Waals surface area contributed by atoms with Crippen molar-refractivity contribution in [1.82, 2.24) is 14.5 Å². The number of imidazole rings is 1. The van der Waals surface area contributed by atoms with Crippen molar-refractivity contribution in [3.8, 4) is 0 Å². The number of aryl methyl sites for hydroxylation is 1. The third-order valence-corrected chi connectivity index (χ3v) is 4.86. The summed E-state index contributed by atoms with van der Waals surface area (Å²) in [4.78, 5) is 19.0. The molecule has 1 aromatic heterocycles. The molecule has 9 heteroatoms. The van der Waals surface area contributed by atoms with Crippen molar-refractivity contribution in [3.63, 3.8) is 0 Å². The van der Waals surface area contributed by atoms with Crippen LogP contribution in [-0.2, 0) is 6.54 Å². The Morgan fingerprint density at radius 1 is 1.31 bits per heavy atom. The van der Waals surface area contributed by atoms with Crippen molar-refractivity contribution in [2.45, 2.75) is 19.6 Å². The standard InChI is InChI=1S/C17H22ClN5O3/c1-13-19-10-17(23(25)26)22(13)12-16(24)11-20-5-7-21(8-6-20)15-4-2-3-14(18)9-15/h2-4,9-10,16,24H,5-8,11-12H2,1H3. The fraction of sp³-hybridized carbons (Fsp3) is 0.471. The van der Waals surface area contributed by atoms with E-state index in [0.29, 0.717) is 12.4 Å². The van der Waals surface area contributed by atoms with E-state index in [1.165, 1.54) is 10.8 Å². The summed E-state index contributed by atoms with van der Waals surface area (Å²) >= 11 is 6.05. The summed E-state index contributed by atoms with van der Waals surface area (Å²) in [6, 6.07) is 7.79. The van der Waals surface area contributed by atoms with Gasteiger partial charge in [-0.05, 0) is 23.1 Å². The van der Waals surface area contributed by atoms with Crippen molar-refractivity contribution in [3.05, 3.63) is 51.4 Å². The van der Waals surface area contributed by atoms with Crippen molar-refractivity contribution in [2.24, 2.45) is 0 Å². The van der Waals surface area contributed by atoms with Crippen LogP contribution in [0.15, 0.2) is 30.5 Å². The van der Waals surface area contributed by atoms with E-state index in [1.807, 2.05) is 24.3 Å². The quantitative estimate of drug-likeness (QED) is 0.609.